The van der Waals surface area contributed by atoms with E-state index in [4.69, 9.17) is 0 Å². The monoisotopic (exact) mass is 301 g/mol. The maximum absolute atomic E-state index is 4.40. The molecule has 0 aliphatic carbocycles. The van der Waals surface area contributed by atoms with E-state index in [2.05, 4.69) is 46.8 Å². The summed E-state index contributed by atoms with van der Waals surface area (Å²) in [5.74, 6) is 0.684. The van der Waals surface area contributed by atoms with Crippen molar-refractivity contribution in [1.29, 1.82) is 0 Å². The molecule has 0 bridgehead atoms. The molecule has 21 heavy (non-hydrogen) atoms. The van der Waals surface area contributed by atoms with E-state index in [0.29, 0.717) is 12.0 Å². The van der Waals surface area contributed by atoms with Crippen LogP contribution in [0, 0.1) is 5.92 Å². The van der Waals surface area contributed by atoms with E-state index < -0.39 is 0 Å². The summed E-state index contributed by atoms with van der Waals surface area (Å²) in [4.78, 5) is 9.78. The van der Waals surface area contributed by atoms with Crippen molar-refractivity contribution >= 4 is 27.2 Å². The summed E-state index contributed by atoms with van der Waals surface area (Å²) in [5.41, 5.74) is 4.46. The Morgan fingerprint density at radius 2 is 2.19 bits per heavy atom. The zero-order chi connectivity index (χ0) is 14.4. The molecule has 2 saturated heterocycles. The van der Waals surface area contributed by atoms with Gasteiger partial charge < -0.3 is 4.90 Å². The quantitative estimate of drug-likeness (QED) is 0.845. The number of hydrogen-bond donors (Lipinski definition) is 0. The molecule has 2 aromatic rings. The second-order valence-corrected chi connectivity index (χ2v) is 7.65. The van der Waals surface area contributed by atoms with Gasteiger partial charge in [0.15, 0.2) is 0 Å². The maximum atomic E-state index is 4.40. The second-order valence-electron chi connectivity index (χ2n) is 6.76. The van der Waals surface area contributed by atoms with Crippen LogP contribution in [0.4, 0.5) is 5.69 Å². The molecule has 4 rings (SSSR count). The van der Waals surface area contributed by atoms with Gasteiger partial charge in [-0.25, -0.2) is 4.98 Å². The molecule has 3 heterocycles. The standard InChI is InChI=1S/C17H23N3S/c1-12(2)16-10-19-7-3-4-14(19)9-20(16)13-5-6-15-17(8-13)21-11-18-15/h5-6,8,11-12,14,16H,3-4,7,9-10H2,1-2H3. The molecule has 3 nitrogen and oxygen atoms in total. The average molecular weight is 301 g/mol. The van der Waals surface area contributed by atoms with Crippen LogP contribution in [0.25, 0.3) is 10.2 Å². The molecule has 1 aromatic carbocycles. The molecule has 1 aromatic heterocycles. The van der Waals surface area contributed by atoms with Crippen LogP contribution in [0.15, 0.2) is 23.7 Å². The van der Waals surface area contributed by atoms with Crippen LogP contribution in [0.2, 0.25) is 0 Å². The third kappa shape index (κ3) is 2.34. The summed E-state index contributed by atoms with van der Waals surface area (Å²) in [6, 6.07) is 8.18. The van der Waals surface area contributed by atoms with Crippen LogP contribution in [0.3, 0.4) is 0 Å². The fourth-order valence-corrected chi connectivity index (χ4v) is 4.64. The van der Waals surface area contributed by atoms with Gasteiger partial charge in [0, 0.05) is 30.9 Å². The Hall–Kier alpha value is -1.13. The minimum absolute atomic E-state index is 0.629. The van der Waals surface area contributed by atoms with Crippen LogP contribution >= 0.6 is 11.3 Å². The Bertz CT molecular complexity index is 636. The lowest BCUT2D eigenvalue weighted by Gasteiger charge is -2.46. The van der Waals surface area contributed by atoms with Gasteiger partial charge in [-0.1, -0.05) is 13.8 Å². The molecule has 112 valence electrons. The highest BCUT2D eigenvalue weighted by atomic mass is 32.1. The van der Waals surface area contributed by atoms with Crippen molar-refractivity contribution in [1.82, 2.24) is 9.88 Å². The molecule has 0 amide bonds. The molecule has 2 fully saturated rings. The maximum Gasteiger partial charge on any atom is 0.0813 e. The third-order valence-electron chi connectivity index (χ3n) is 5.14. The van der Waals surface area contributed by atoms with E-state index in [1.54, 1.807) is 11.3 Å². The Morgan fingerprint density at radius 3 is 3.05 bits per heavy atom. The van der Waals surface area contributed by atoms with Gasteiger partial charge in [-0.15, -0.1) is 11.3 Å². The highest BCUT2D eigenvalue weighted by Gasteiger charge is 2.37. The Balaban J connectivity index is 1.69. The minimum Gasteiger partial charge on any atom is -0.365 e. The molecular weight excluding hydrogens is 278 g/mol. The molecule has 0 spiro atoms. The lowest BCUT2D eigenvalue weighted by atomic mass is 9.96. The number of aromatic nitrogens is 1. The molecule has 2 atom stereocenters. The molecule has 0 saturated carbocycles. The van der Waals surface area contributed by atoms with Crippen molar-refractivity contribution in [3.8, 4) is 0 Å². The molecule has 0 radical (unpaired) electrons. The summed E-state index contributed by atoms with van der Waals surface area (Å²) in [7, 11) is 0. The smallest absolute Gasteiger partial charge is 0.0813 e. The summed E-state index contributed by atoms with van der Waals surface area (Å²) in [5, 5.41) is 0. The zero-order valence-electron chi connectivity index (χ0n) is 12.8. The molecule has 2 aliphatic heterocycles. The molecule has 4 heteroatoms. The van der Waals surface area contributed by atoms with Crippen LogP contribution < -0.4 is 4.90 Å². The summed E-state index contributed by atoms with van der Waals surface area (Å²) < 4.78 is 1.31. The van der Waals surface area contributed by atoms with Gasteiger partial charge >= 0.3 is 0 Å². The first-order chi connectivity index (χ1) is 10.2. The Kier molecular flexibility index (Phi) is 3.38. The summed E-state index contributed by atoms with van der Waals surface area (Å²) in [6.07, 6.45) is 2.74. The SMILES string of the molecule is CC(C)C1CN2CCCC2CN1c1ccc2ncsc2c1. The molecular formula is C17H23N3S. The van der Waals surface area contributed by atoms with Crippen LogP contribution in [-0.4, -0.2) is 41.6 Å². The first-order valence-corrected chi connectivity index (χ1v) is 8.94. The zero-order valence-corrected chi connectivity index (χ0v) is 13.6. The highest BCUT2D eigenvalue weighted by Crippen LogP contribution is 2.33. The fraction of sp³-hybridized carbons (Fsp3) is 0.588. The second kappa shape index (κ2) is 5.25. The van der Waals surface area contributed by atoms with Crippen LogP contribution in [0.1, 0.15) is 26.7 Å². The van der Waals surface area contributed by atoms with E-state index >= 15 is 0 Å². The van der Waals surface area contributed by atoms with Gasteiger partial charge in [0.2, 0.25) is 0 Å². The predicted molar refractivity (Wildman–Crippen MR) is 90.2 cm³/mol. The highest BCUT2D eigenvalue weighted by molar-refractivity contribution is 7.16. The summed E-state index contributed by atoms with van der Waals surface area (Å²) >= 11 is 1.75. The number of thiazole rings is 1. The number of piperazine rings is 1. The normalized spacial score (nSPS) is 26.7. The fourth-order valence-electron chi connectivity index (χ4n) is 3.93. The third-order valence-corrected chi connectivity index (χ3v) is 5.94. The number of nitrogens with zero attached hydrogens (tertiary/aromatic N) is 3. The molecule has 0 N–H and O–H groups in total. The number of fused-ring (bicyclic) bond motifs is 2. The van der Waals surface area contributed by atoms with E-state index in [1.165, 1.54) is 42.9 Å². The Morgan fingerprint density at radius 1 is 1.29 bits per heavy atom. The van der Waals surface area contributed by atoms with Gasteiger partial charge in [0.25, 0.3) is 0 Å². The summed E-state index contributed by atoms with van der Waals surface area (Å²) in [6.45, 7) is 8.43. The number of anilines is 1. The number of hydrogen-bond acceptors (Lipinski definition) is 4. The molecule has 2 unspecified atom stereocenters. The van der Waals surface area contributed by atoms with E-state index in [9.17, 15) is 0 Å². The number of rotatable bonds is 2. The van der Waals surface area contributed by atoms with Crippen molar-refractivity contribution in [3.63, 3.8) is 0 Å². The van der Waals surface area contributed by atoms with Crippen molar-refractivity contribution in [2.24, 2.45) is 5.92 Å². The lowest BCUT2D eigenvalue weighted by molar-refractivity contribution is 0.176. The van der Waals surface area contributed by atoms with Crippen molar-refractivity contribution in [2.75, 3.05) is 24.5 Å². The van der Waals surface area contributed by atoms with Crippen LogP contribution in [-0.2, 0) is 0 Å². The van der Waals surface area contributed by atoms with E-state index in [0.717, 1.165) is 11.6 Å². The van der Waals surface area contributed by atoms with Gasteiger partial charge in [-0.3, -0.25) is 4.90 Å². The van der Waals surface area contributed by atoms with E-state index in [-0.39, 0.29) is 0 Å². The van der Waals surface area contributed by atoms with E-state index in [1.807, 2.05) is 5.51 Å². The largest absolute Gasteiger partial charge is 0.365 e. The topological polar surface area (TPSA) is 19.4 Å². The van der Waals surface area contributed by atoms with Crippen LogP contribution in [0.5, 0.6) is 0 Å². The predicted octanol–water partition coefficient (Wildman–Crippen LogP) is 3.61. The van der Waals surface area contributed by atoms with Crippen molar-refractivity contribution in [3.05, 3.63) is 23.7 Å². The van der Waals surface area contributed by atoms with Gasteiger partial charge in [0.05, 0.1) is 15.7 Å². The number of benzene rings is 1. The first-order valence-electron chi connectivity index (χ1n) is 8.06. The van der Waals surface area contributed by atoms with Crippen molar-refractivity contribution < 1.29 is 0 Å². The first kappa shape index (κ1) is 13.5. The lowest BCUT2D eigenvalue weighted by Crippen LogP contribution is -2.58. The minimum atomic E-state index is 0.629. The Labute approximate surface area is 130 Å². The van der Waals surface area contributed by atoms with Gasteiger partial charge in [-0.05, 0) is 43.5 Å². The van der Waals surface area contributed by atoms with Gasteiger partial charge in [-0.2, -0.15) is 0 Å². The van der Waals surface area contributed by atoms with Gasteiger partial charge in [0.1, 0.15) is 0 Å². The van der Waals surface area contributed by atoms with Crippen molar-refractivity contribution in [2.45, 2.75) is 38.8 Å². The molecule has 2 aliphatic rings. The average Bonchev–Trinajstić information content (AvgIpc) is 3.13.